The number of anilines is 1. The van der Waals surface area contributed by atoms with E-state index in [9.17, 15) is 4.79 Å². The van der Waals surface area contributed by atoms with Crippen molar-refractivity contribution in [1.29, 1.82) is 0 Å². The molecule has 2 aromatic heterocycles. The fourth-order valence-corrected chi connectivity index (χ4v) is 3.53. The number of aryl methyl sites for hydroxylation is 3. The summed E-state index contributed by atoms with van der Waals surface area (Å²) in [5.74, 6) is 1.05. The molecular formula is C17H20N4OS. The molecule has 0 aliphatic rings. The minimum absolute atomic E-state index is 0.0959. The van der Waals surface area contributed by atoms with E-state index in [1.807, 2.05) is 43.4 Å². The summed E-state index contributed by atoms with van der Waals surface area (Å²) >= 11 is 1.38. The van der Waals surface area contributed by atoms with Gasteiger partial charge in [0.05, 0.1) is 0 Å². The maximum atomic E-state index is 12.7. The van der Waals surface area contributed by atoms with Gasteiger partial charge in [0.1, 0.15) is 10.7 Å². The molecule has 5 nitrogen and oxygen atoms in total. The predicted octanol–water partition coefficient (Wildman–Crippen LogP) is 4.09. The molecule has 3 aromatic rings. The second-order valence-corrected chi connectivity index (χ2v) is 7.10. The van der Waals surface area contributed by atoms with Gasteiger partial charge in [-0.25, -0.2) is 0 Å². The molecule has 1 aromatic carbocycles. The number of rotatable bonds is 3. The van der Waals surface area contributed by atoms with Crippen molar-refractivity contribution in [1.82, 2.24) is 14.6 Å². The van der Waals surface area contributed by atoms with Crippen LogP contribution < -0.4 is 5.32 Å². The SMILES string of the molecule is Cc1ccc(C)c(NC(=O)c2sc3nnc(C(C)C)n3c2C)c1. The minimum atomic E-state index is -0.0959. The summed E-state index contributed by atoms with van der Waals surface area (Å²) < 4.78 is 1.98. The Morgan fingerprint density at radius 1 is 1.22 bits per heavy atom. The fraction of sp³-hybridized carbons (Fsp3) is 0.353. The average Bonchev–Trinajstić information content (AvgIpc) is 3.03. The summed E-state index contributed by atoms with van der Waals surface area (Å²) in [7, 11) is 0. The zero-order valence-electron chi connectivity index (χ0n) is 14.0. The molecule has 0 saturated carbocycles. The van der Waals surface area contributed by atoms with Crippen LogP contribution in [0.4, 0.5) is 5.69 Å². The summed E-state index contributed by atoms with van der Waals surface area (Å²) in [4.78, 5) is 14.1. The lowest BCUT2D eigenvalue weighted by Crippen LogP contribution is -2.13. The van der Waals surface area contributed by atoms with Gasteiger partial charge in [-0.3, -0.25) is 9.20 Å². The molecule has 0 aliphatic carbocycles. The normalized spacial score (nSPS) is 11.4. The van der Waals surface area contributed by atoms with Crippen molar-refractivity contribution in [2.45, 2.75) is 40.5 Å². The first-order chi connectivity index (χ1) is 10.9. The summed E-state index contributed by atoms with van der Waals surface area (Å²) in [6, 6.07) is 6.04. The molecule has 0 radical (unpaired) electrons. The quantitative estimate of drug-likeness (QED) is 0.787. The first-order valence-electron chi connectivity index (χ1n) is 7.61. The van der Waals surface area contributed by atoms with Crippen LogP contribution in [-0.2, 0) is 0 Å². The van der Waals surface area contributed by atoms with Gasteiger partial charge in [0.2, 0.25) is 4.96 Å². The number of amides is 1. The molecule has 0 saturated heterocycles. The Morgan fingerprint density at radius 3 is 2.65 bits per heavy atom. The van der Waals surface area contributed by atoms with E-state index in [1.54, 1.807) is 0 Å². The molecule has 1 N–H and O–H groups in total. The number of carbonyl (C=O) groups is 1. The zero-order chi connectivity index (χ0) is 16.7. The van der Waals surface area contributed by atoms with Gasteiger partial charge in [-0.1, -0.05) is 37.3 Å². The van der Waals surface area contributed by atoms with Crippen LogP contribution in [-0.4, -0.2) is 20.5 Å². The number of carbonyl (C=O) groups excluding carboxylic acids is 1. The minimum Gasteiger partial charge on any atom is -0.321 e. The molecule has 2 heterocycles. The molecule has 0 atom stereocenters. The van der Waals surface area contributed by atoms with Crippen molar-refractivity contribution in [3.05, 3.63) is 45.7 Å². The lowest BCUT2D eigenvalue weighted by molar-refractivity contribution is 0.102. The molecule has 120 valence electrons. The Balaban J connectivity index is 1.98. The van der Waals surface area contributed by atoms with Gasteiger partial charge in [-0.05, 0) is 38.0 Å². The van der Waals surface area contributed by atoms with Crippen molar-refractivity contribution in [2.75, 3.05) is 5.32 Å². The first-order valence-corrected chi connectivity index (χ1v) is 8.43. The van der Waals surface area contributed by atoms with E-state index in [0.717, 1.165) is 33.3 Å². The summed E-state index contributed by atoms with van der Waals surface area (Å²) in [5, 5.41) is 11.4. The van der Waals surface area contributed by atoms with Crippen molar-refractivity contribution >= 4 is 27.9 Å². The van der Waals surface area contributed by atoms with Crippen LogP contribution in [0.1, 0.15) is 52.1 Å². The zero-order valence-corrected chi connectivity index (χ0v) is 14.8. The van der Waals surface area contributed by atoms with Crippen LogP contribution in [0.2, 0.25) is 0 Å². The number of benzene rings is 1. The molecule has 0 aliphatic heterocycles. The molecule has 0 bridgehead atoms. The molecule has 3 rings (SSSR count). The van der Waals surface area contributed by atoms with Crippen LogP contribution in [0.3, 0.4) is 0 Å². The largest absolute Gasteiger partial charge is 0.321 e. The van der Waals surface area contributed by atoms with Gasteiger partial charge in [-0.15, -0.1) is 10.2 Å². The fourth-order valence-electron chi connectivity index (χ4n) is 2.56. The standard InChI is InChI=1S/C17H20N4OS/c1-9(2)15-19-20-17-21(15)12(5)14(23-17)16(22)18-13-8-10(3)6-7-11(13)4/h6-9H,1-5H3,(H,18,22). The van der Waals surface area contributed by atoms with Crippen LogP contribution >= 0.6 is 11.3 Å². The average molecular weight is 328 g/mol. The van der Waals surface area contributed by atoms with Crippen LogP contribution in [0.25, 0.3) is 4.96 Å². The second-order valence-electron chi connectivity index (χ2n) is 6.12. The molecule has 0 spiro atoms. The van der Waals surface area contributed by atoms with Gasteiger partial charge >= 0.3 is 0 Å². The van der Waals surface area contributed by atoms with Gasteiger partial charge in [0, 0.05) is 17.3 Å². The molecular weight excluding hydrogens is 308 g/mol. The number of hydrogen-bond donors (Lipinski definition) is 1. The lowest BCUT2D eigenvalue weighted by atomic mass is 10.1. The third-order valence-corrected chi connectivity index (χ3v) is 5.01. The third-order valence-electron chi connectivity index (χ3n) is 3.88. The Bertz CT molecular complexity index is 892. The van der Waals surface area contributed by atoms with E-state index in [-0.39, 0.29) is 11.8 Å². The van der Waals surface area contributed by atoms with Gasteiger partial charge in [0.15, 0.2) is 0 Å². The molecule has 6 heteroatoms. The monoisotopic (exact) mass is 328 g/mol. The number of aromatic nitrogens is 3. The Labute approximate surface area is 139 Å². The van der Waals surface area contributed by atoms with E-state index < -0.39 is 0 Å². The Morgan fingerprint density at radius 2 is 1.96 bits per heavy atom. The van der Waals surface area contributed by atoms with Crippen LogP contribution in [0.15, 0.2) is 18.2 Å². The van der Waals surface area contributed by atoms with Crippen LogP contribution in [0, 0.1) is 20.8 Å². The van der Waals surface area contributed by atoms with Crippen LogP contribution in [0.5, 0.6) is 0 Å². The van der Waals surface area contributed by atoms with E-state index in [0.29, 0.717) is 4.88 Å². The third kappa shape index (κ3) is 2.74. The number of hydrogen-bond acceptors (Lipinski definition) is 4. The van der Waals surface area contributed by atoms with Crippen molar-refractivity contribution < 1.29 is 4.79 Å². The lowest BCUT2D eigenvalue weighted by Gasteiger charge is -2.09. The number of nitrogens with one attached hydrogen (secondary N) is 1. The highest BCUT2D eigenvalue weighted by atomic mass is 32.1. The first kappa shape index (κ1) is 15.7. The number of fused-ring (bicyclic) bond motifs is 1. The van der Waals surface area contributed by atoms with E-state index >= 15 is 0 Å². The summed E-state index contributed by atoms with van der Waals surface area (Å²) in [5.41, 5.74) is 3.91. The highest BCUT2D eigenvalue weighted by molar-refractivity contribution is 7.19. The smallest absolute Gasteiger partial charge is 0.267 e. The van der Waals surface area contributed by atoms with Crippen molar-refractivity contribution in [2.24, 2.45) is 0 Å². The van der Waals surface area contributed by atoms with E-state index in [2.05, 4.69) is 29.4 Å². The number of nitrogens with zero attached hydrogens (tertiary/aromatic N) is 3. The Kier molecular flexibility index (Phi) is 3.93. The van der Waals surface area contributed by atoms with E-state index in [1.165, 1.54) is 11.3 Å². The highest BCUT2D eigenvalue weighted by Crippen LogP contribution is 2.27. The second kappa shape index (κ2) is 5.77. The molecule has 0 fully saturated rings. The maximum Gasteiger partial charge on any atom is 0.267 e. The topological polar surface area (TPSA) is 59.3 Å². The van der Waals surface area contributed by atoms with Gasteiger partial charge in [0.25, 0.3) is 5.91 Å². The predicted molar refractivity (Wildman–Crippen MR) is 93.6 cm³/mol. The van der Waals surface area contributed by atoms with Gasteiger partial charge < -0.3 is 5.32 Å². The number of thiazole rings is 1. The Hall–Kier alpha value is -2.21. The summed E-state index contributed by atoms with van der Waals surface area (Å²) in [6.45, 7) is 10.1. The van der Waals surface area contributed by atoms with Crippen molar-refractivity contribution in [3.8, 4) is 0 Å². The van der Waals surface area contributed by atoms with Crippen molar-refractivity contribution in [3.63, 3.8) is 0 Å². The molecule has 1 amide bonds. The molecule has 23 heavy (non-hydrogen) atoms. The van der Waals surface area contributed by atoms with E-state index in [4.69, 9.17) is 0 Å². The summed E-state index contributed by atoms with van der Waals surface area (Å²) in [6.07, 6.45) is 0. The highest BCUT2D eigenvalue weighted by Gasteiger charge is 2.21. The molecule has 0 unspecified atom stereocenters. The van der Waals surface area contributed by atoms with Gasteiger partial charge in [-0.2, -0.15) is 0 Å². The maximum absolute atomic E-state index is 12.7.